The Balaban J connectivity index is 2.68. The van der Waals surface area contributed by atoms with E-state index >= 15 is 0 Å². The van der Waals surface area contributed by atoms with E-state index in [0.29, 0.717) is 12.5 Å². The Morgan fingerprint density at radius 1 is 1.43 bits per heavy atom. The minimum atomic E-state index is -0.862. The van der Waals surface area contributed by atoms with Crippen molar-refractivity contribution in [3.63, 3.8) is 0 Å². The van der Waals surface area contributed by atoms with Gasteiger partial charge < -0.3 is 10.0 Å². The van der Waals surface area contributed by atoms with Crippen LogP contribution < -0.4 is 5.32 Å². The van der Waals surface area contributed by atoms with Crippen LogP contribution in [0.25, 0.3) is 0 Å². The highest BCUT2D eigenvalue weighted by Gasteiger charge is 2.37. The van der Waals surface area contributed by atoms with E-state index in [2.05, 4.69) is 36.1 Å². The molecule has 124 valence electrons. The summed E-state index contributed by atoms with van der Waals surface area (Å²) >= 11 is 0. The van der Waals surface area contributed by atoms with E-state index < -0.39 is 11.5 Å². The number of hydrogen-bond donors (Lipinski definition) is 2. The molecule has 0 aliphatic carbocycles. The highest BCUT2D eigenvalue weighted by Crippen LogP contribution is 2.22. The molecule has 0 aromatic rings. The summed E-state index contributed by atoms with van der Waals surface area (Å²) in [7, 11) is 4.25. The first-order valence-corrected chi connectivity index (χ1v) is 8.07. The van der Waals surface area contributed by atoms with Gasteiger partial charge in [-0.15, -0.1) is 0 Å². The van der Waals surface area contributed by atoms with Gasteiger partial charge in [-0.3, -0.25) is 15.0 Å². The summed E-state index contributed by atoms with van der Waals surface area (Å²) in [6, 6.07) is 1.00. The Kier molecular flexibility index (Phi) is 6.63. The molecule has 0 aromatic heterocycles. The van der Waals surface area contributed by atoms with E-state index in [0.717, 1.165) is 13.1 Å². The molecule has 0 radical (unpaired) electrons. The van der Waals surface area contributed by atoms with Crippen LogP contribution in [0.2, 0.25) is 0 Å². The number of rotatable bonds is 7. The van der Waals surface area contributed by atoms with Crippen molar-refractivity contribution in [2.45, 2.75) is 70.6 Å². The number of likely N-dealkylation sites (N-methyl/N-ethyl adjacent to an activating group) is 1. The maximum Gasteiger partial charge on any atom is 0.323 e. The maximum atomic E-state index is 11.7. The fraction of sp³-hybridized carbons (Fsp3) is 0.938. The Hall–Kier alpha value is -0.650. The summed E-state index contributed by atoms with van der Waals surface area (Å²) in [6.07, 6.45) is 3.05. The topological polar surface area (TPSA) is 55.8 Å². The van der Waals surface area contributed by atoms with Crippen molar-refractivity contribution in [3.8, 4) is 0 Å². The molecule has 1 aliphatic heterocycles. The quantitative estimate of drug-likeness (QED) is 0.748. The molecule has 1 rings (SSSR count). The zero-order valence-electron chi connectivity index (χ0n) is 14.5. The smallest absolute Gasteiger partial charge is 0.323 e. The average Bonchev–Trinajstić information content (AvgIpc) is 2.37. The lowest BCUT2D eigenvalue weighted by Gasteiger charge is -2.42. The minimum absolute atomic E-state index is 0.161. The Labute approximate surface area is 129 Å². The molecule has 0 spiro atoms. The number of hydrogen-bond acceptors (Lipinski definition) is 4. The van der Waals surface area contributed by atoms with Crippen molar-refractivity contribution in [3.05, 3.63) is 0 Å². The van der Waals surface area contributed by atoms with Crippen molar-refractivity contribution < 1.29 is 9.90 Å². The summed E-state index contributed by atoms with van der Waals surface area (Å²) < 4.78 is 0. The molecule has 0 amide bonds. The molecule has 0 aromatic carbocycles. The standard InChI is InChI=1S/C16H33N3O2/c1-12(2)17-16(4,15(20)21)10-13(3)19-9-7-8-14(11-19)18(5)6/h12-14,17H,7-11H2,1-6H3,(H,20,21). The fourth-order valence-corrected chi connectivity index (χ4v) is 3.37. The number of aliphatic carboxylic acids is 1. The van der Waals surface area contributed by atoms with Gasteiger partial charge in [0, 0.05) is 24.7 Å². The Morgan fingerprint density at radius 3 is 2.52 bits per heavy atom. The first-order chi connectivity index (χ1) is 9.65. The fourth-order valence-electron chi connectivity index (χ4n) is 3.37. The highest BCUT2D eigenvalue weighted by molar-refractivity contribution is 5.78. The van der Waals surface area contributed by atoms with Crippen molar-refractivity contribution in [1.82, 2.24) is 15.1 Å². The molecular weight excluding hydrogens is 266 g/mol. The molecule has 3 unspecified atom stereocenters. The summed E-state index contributed by atoms with van der Waals surface area (Å²) in [5.74, 6) is -0.760. The van der Waals surface area contributed by atoms with E-state index in [1.807, 2.05) is 13.8 Å². The minimum Gasteiger partial charge on any atom is -0.480 e. The van der Waals surface area contributed by atoms with Crippen LogP contribution in [-0.2, 0) is 4.79 Å². The summed E-state index contributed by atoms with van der Waals surface area (Å²) in [5.41, 5.74) is -0.862. The second-order valence-corrected chi connectivity index (χ2v) is 7.24. The molecule has 1 fully saturated rings. The molecule has 3 atom stereocenters. The van der Waals surface area contributed by atoms with E-state index in [1.54, 1.807) is 6.92 Å². The van der Waals surface area contributed by atoms with E-state index in [9.17, 15) is 9.90 Å². The van der Waals surface area contributed by atoms with Crippen molar-refractivity contribution in [2.75, 3.05) is 27.2 Å². The number of likely N-dealkylation sites (tertiary alicyclic amines) is 1. The first kappa shape index (κ1) is 18.4. The zero-order chi connectivity index (χ0) is 16.2. The molecule has 0 bridgehead atoms. The number of carboxylic acid groups (broad SMARTS) is 1. The molecule has 1 heterocycles. The molecular formula is C16H33N3O2. The third-order valence-electron chi connectivity index (χ3n) is 4.56. The number of nitrogens with zero attached hydrogens (tertiary/aromatic N) is 2. The van der Waals surface area contributed by atoms with Crippen molar-refractivity contribution in [1.29, 1.82) is 0 Å². The number of piperidine rings is 1. The monoisotopic (exact) mass is 299 g/mol. The summed E-state index contributed by atoms with van der Waals surface area (Å²) in [4.78, 5) is 16.4. The molecule has 1 aliphatic rings. The molecule has 2 N–H and O–H groups in total. The first-order valence-electron chi connectivity index (χ1n) is 8.07. The van der Waals surface area contributed by atoms with Crippen LogP contribution in [-0.4, -0.2) is 71.7 Å². The third kappa shape index (κ3) is 5.24. The lowest BCUT2D eigenvalue weighted by Crippen LogP contribution is -2.57. The van der Waals surface area contributed by atoms with Gasteiger partial charge in [0.25, 0.3) is 0 Å². The molecule has 21 heavy (non-hydrogen) atoms. The molecule has 5 heteroatoms. The lowest BCUT2D eigenvalue weighted by molar-refractivity contribution is -0.145. The van der Waals surface area contributed by atoms with Gasteiger partial charge in [-0.25, -0.2) is 0 Å². The van der Waals surface area contributed by atoms with Gasteiger partial charge in [0.2, 0.25) is 0 Å². The van der Waals surface area contributed by atoms with Gasteiger partial charge in [-0.05, 0) is 67.6 Å². The largest absolute Gasteiger partial charge is 0.480 e. The Morgan fingerprint density at radius 2 is 2.05 bits per heavy atom. The summed E-state index contributed by atoms with van der Waals surface area (Å²) in [6.45, 7) is 10.1. The van der Waals surface area contributed by atoms with E-state index in [4.69, 9.17) is 0 Å². The van der Waals surface area contributed by atoms with Crippen molar-refractivity contribution in [2.24, 2.45) is 0 Å². The lowest BCUT2D eigenvalue weighted by atomic mass is 9.90. The van der Waals surface area contributed by atoms with Gasteiger partial charge in [-0.1, -0.05) is 0 Å². The third-order valence-corrected chi connectivity index (χ3v) is 4.56. The predicted octanol–water partition coefficient (Wildman–Crippen LogP) is 1.63. The number of nitrogens with one attached hydrogen (secondary N) is 1. The van der Waals surface area contributed by atoms with E-state index in [1.165, 1.54) is 12.8 Å². The van der Waals surface area contributed by atoms with Gasteiger partial charge in [0.1, 0.15) is 5.54 Å². The molecule has 0 saturated carbocycles. The van der Waals surface area contributed by atoms with Crippen LogP contribution >= 0.6 is 0 Å². The normalized spacial score (nSPS) is 25.0. The SMILES string of the molecule is CC(C)NC(C)(CC(C)N1CCCC(N(C)C)C1)C(=O)O. The maximum absolute atomic E-state index is 11.7. The van der Waals surface area contributed by atoms with E-state index in [-0.39, 0.29) is 12.1 Å². The zero-order valence-corrected chi connectivity index (χ0v) is 14.5. The predicted molar refractivity (Wildman–Crippen MR) is 86.7 cm³/mol. The molecule has 1 saturated heterocycles. The average molecular weight is 299 g/mol. The van der Waals surface area contributed by atoms with Crippen LogP contribution in [0.4, 0.5) is 0 Å². The van der Waals surface area contributed by atoms with Gasteiger partial charge >= 0.3 is 5.97 Å². The van der Waals surface area contributed by atoms with Crippen LogP contribution in [0, 0.1) is 0 Å². The molecule has 5 nitrogen and oxygen atoms in total. The van der Waals surface area contributed by atoms with Crippen LogP contribution in [0.5, 0.6) is 0 Å². The van der Waals surface area contributed by atoms with Crippen LogP contribution in [0.15, 0.2) is 0 Å². The van der Waals surface area contributed by atoms with Crippen LogP contribution in [0.1, 0.15) is 47.0 Å². The van der Waals surface area contributed by atoms with Gasteiger partial charge in [-0.2, -0.15) is 0 Å². The number of carboxylic acids is 1. The van der Waals surface area contributed by atoms with Crippen molar-refractivity contribution >= 4 is 5.97 Å². The van der Waals surface area contributed by atoms with Crippen LogP contribution in [0.3, 0.4) is 0 Å². The number of carbonyl (C=O) groups is 1. The second kappa shape index (κ2) is 7.56. The highest BCUT2D eigenvalue weighted by atomic mass is 16.4. The second-order valence-electron chi connectivity index (χ2n) is 7.24. The van der Waals surface area contributed by atoms with Gasteiger partial charge in [0.05, 0.1) is 0 Å². The summed E-state index contributed by atoms with van der Waals surface area (Å²) in [5, 5.41) is 12.8. The van der Waals surface area contributed by atoms with Gasteiger partial charge in [0.15, 0.2) is 0 Å². The Bertz CT molecular complexity index is 346.